The summed E-state index contributed by atoms with van der Waals surface area (Å²) >= 11 is 0. The molecule has 1 aliphatic carbocycles. The number of benzene rings is 1. The topological polar surface area (TPSA) is 21.3 Å². The molecule has 1 aliphatic rings. The van der Waals surface area contributed by atoms with Gasteiger partial charge in [0.1, 0.15) is 0 Å². The lowest BCUT2D eigenvalue weighted by atomic mass is 9.76. The van der Waals surface area contributed by atoms with Crippen molar-refractivity contribution in [1.82, 2.24) is 5.32 Å². The molecule has 0 amide bonds. The quantitative estimate of drug-likeness (QED) is 0.843. The van der Waals surface area contributed by atoms with Gasteiger partial charge in [-0.05, 0) is 43.9 Å². The van der Waals surface area contributed by atoms with Gasteiger partial charge in [0.15, 0.2) is 0 Å². The van der Waals surface area contributed by atoms with Crippen molar-refractivity contribution in [2.45, 2.75) is 44.2 Å². The van der Waals surface area contributed by atoms with Crippen LogP contribution >= 0.6 is 0 Å². The van der Waals surface area contributed by atoms with E-state index in [0.717, 1.165) is 5.92 Å². The molecule has 2 unspecified atom stereocenters. The maximum Gasteiger partial charge on any atom is 0.0737 e. The number of ether oxygens (including phenoxy) is 1. The fourth-order valence-electron chi connectivity index (χ4n) is 2.66. The first-order valence-corrected chi connectivity index (χ1v) is 6.56. The van der Waals surface area contributed by atoms with Crippen LogP contribution < -0.4 is 5.32 Å². The lowest BCUT2D eigenvalue weighted by Gasteiger charge is -2.32. The Kier molecular flexibility index (Phi) is 4.19. The third kappa shape index (κ3) is 2.53. The summed E-state index contributed by atoms with van der Waals surface area (Å²) in [5.74, 6) is 0.770. The van der Waals surface area contributed by atoms with E-state index in [1.165, 1.54) is 30.4 Å². The van der Waals surface area contributed by atoms with Crippen LogP contribution in [0.5, 0.6) is 0 Å². The van der Waals surface area contributed by atoms with Crippen LogP contribution in [0.25, 0.3) is 0 Å². The molecular weight excluding hydrogens is 210 g/mol. The van der Waals surface area contributed by atoms with Crippen molar-refractivity contribution >= 4 is 0 Å². The van der Waals surface area contributed by atoms with Crippen LogP contribution in [0, 0.1) is 0 Å². The van der Waals surface area contributed by atoms with Crippen molar-refractivity contribution in [2.24, 2.45) is 0 Å². The molecule has 17 heavy (non-hydrogen) atoms. The maximum absolute atomic E-state index is 5.48. The summed E-state index contributed by atoms with van der Waals surface area (Å²) in [6, 6.07) is 9.10. The predicted molar refractivity (Wildman–Crippen MR) is 71.3 cm³/mol. The Hall–Kier alpha value is -0.860. The molecule has 1 saturated carbocycles. The lowest BCUT2D eigenvalue weighted by Crippen LogP contribution is -2.30. The molecule has 0 aliphatic heterocycles. The number of hydrogen-bond acceptors (Lipinski definition) is 2. The van der Waals surface area contributed by atoms with Gasteiger partial charge in [-0.3, -0.25) is 0 Å². The van der Waals surface area contributed by atoms with Crippen molar-refractivity contribution in [2.75, 3.05) is 14.2 Å². The summed E-state index contributed by atoms with van der Waals surface area (Å²) in [5, 5.41) is 3.39. The highest BCUT2D eigenvalue weighted by Crippen LogP contribution is 2.40. The first-order chi connectivity index (χ1) is 8.27. The van der Waals surface area contributed by atoms with Gasteiger partial charge < -0.3 is 10.1 Å². The Bertz CT molecular complexity index is 360. The molecule has 0 spiro atoms. The van der Waals surface area contributed by atoms with E-state index in [4.69, 9.17) is 4.74 Å². The summed E-state index contributed by atoms with van der Waals surface area (Å²) in [4.78, 5) is 0. The van der Waals surface area contributed by atoms with E-state index in [1.807, 2.05) is 7.05 Å². The summed E-state index contributed by atoms with van der Waals surface area (Å²) in [6.07, 6.45) is 4.26. The maximum atomic E-state index is 5.48. The molecule has 2 nitrogen and oxygen atoms in total. The third-order valence-corrected chi connectivity index (χ3v) is 4.03. The standard InChI is InChI=1S/C15H23NO/c1-11(17-3)15(16-2)14-10-5-4-9-13(14)12-7-6-8-12/h4-5,9-12,15-16H,6-8H2,1-3H3. The van der Waals surface area contributed by atoms with Gasteiger partial charge in [0.2, 0.25) is 0 Å². The molecule has 0 aromatic heterocycles. The Labute approximate surface area is 104 Å². The molecule has 0 heterocycles. The molecule has 94 valence electrons. The Morgan fingerprint density at radius 3 is 2.53 bits per heavy atom. The highest BCUT2D eigenvalue weighted by molar-refractivity contribution is 5.34. The summed E-state index contributed by atoms with van der Waals surface area (Å²) in [6.45, 7) is 2.12. The average Bonchev–Trinajstić information content (AvgIpc) is 2.29. The second-order valence-corrected chi connectivity index (χ2v) is 4.96. The highest BCUT2D eigenvalue weighted by Gasteiger charge is 2.26. The Morgan fingerprint density at radius 2 is 2.00 bits per heavy atom. The number of likely N-dealkylation sites (N-methyl/N-ethyl adjacent to an activating group) is 1. The molecule has 1 fully saturated rings. The minimum Gasteiger partial charge on any atom is -0.380 e. The number of methoxy groups -OCH3 is 1. The molecule has 2 rings (SSSR count). The predicted octanol–water partition coefficient (Wildman–Crippen LogP) is 3.25. The molecule has 2 heteroatoms. The minimum atomic E-state index is 0.196. The van der Waals surface area contributed by atoms with Crippen molar-refractivity contribution in [3.05, 3.63) is 35.4 Å². The van der Waals surface area contributed by atoms with E-state index >= 15 is 0 Å². The van der Waals surface area contributed by atoms with Crippen LogP contribution in [-0.2, 0) is 4.74 Å². The normalized spacial score (nSPS) is 19.7. The van der Waals surface area contributed by atoms with Crippen molar-refractivity contribution < 1.29 is 4.74 Å². The zero-order chi connectivity index (χ0) is 12.3. The monoisotopic (exact) mass is 233 g/mol. The average molecular weight is 233 g/mol. The number of hydrogen-bond donors (Lipinski definition) is 1. The SMILES string of the molecule is CNC(c1ccccc1C1CCC1)C(C)OC. The van der Waals surface area contributed by atoms with Crippen LogP contribution in [0.2, 0.25) is 0 Å². The van der Waals surface area contributed by atoms with E-state index in [1.54, 1.807) is 7.11 Å². The van der Waals surface area contributed by atoms with Crippen LogP contribution in [0.4, 0.5) is 0 Å². The van der Waals surface area contributed by atoms with Crippen LogP contribution in [0.15, 0.2) is 24.3 Å². The van der Waals surface area contributed by atoms with Crippen molar-refractivity contribution in [3.8, 4) is 0 Å². The Balaban J connectivity index is 2.28. The molecular formula is C15H23NO. The highest BCUT2D eigenvalue weighted by atomic mass is 16.5. The van der Waals surface area contributed by atoms with E-state index in [9.17, 15) is 0 Å². The van der Waals surface area contributed by atoms with E-state index in [2.05, 4.69) is 36.5 Å². The van der Waals surface area contributed by atoms with Crippen molar-refractivity contribution in [1.29, 1.82) is 0 Å². The molecule has 1 aromatic rings. The molecule has 0 saturated heterocycles. The summed E-state index contributed by atoms with van der Waals surface area (Å²) in [5.41, 5.74) is 2.93. The third-order valence-electron chi connectivity index (χ3n) is 4.03. The van der Waals surface area contributed by atoms with Gasteiger partial charge in [0.25, 0.3) is 0 Å². The summed E-state index contributed by atoms with van der Waals surface area (Å²) in [7, 11) is 3.79. The van der Waals surface area contributed by atoms with E-state index < -0.39 is 0 Å². The Morgan fingerprint density at radius 1 is 1.29 bits per heavy atom. The molecule has 0 bridgehead atoms. The van der Waals surface area contributed by atoms with Crippen LogP contribution in [0.1, 0.15) is 49.3 Å². The number of rotatable bonds is 5. The zero-order valence-electron chi connectivity index (χ0n) is 11.1. The largest absolute Gasteiger partial charge is 0.380 e. The fourth-order valence-corrected chi connectivity index (χ4v) is 2.66. The van der Waals surface area contributed by atoms with Gasteiger partial charge in [-0.25, -0.2) is 0 Å². The molecule has 0 radical (unpaired) electrons. The van der Waals surface area contributed by atoms with Gasteiger partial charge in [-0.2, -0.15) is 0 Å². The van der Waals surface area contributed by atoms with E-state index in [0.29, 0.717) is 0 Å². The first kappa shape index (κ1) is 12.6. The molecule has 2 atom stereocenters. The van der Waals surface area contributed by atoms with Gasteiger partial charge in [-0.1, -0.05) is 30.7 Å². The zero-order valence-corrected chi connectivity index (χ0v) is 11.1. The van der Waals surface area contributed by atoms with Crippen molar-refractivity contribution in [3.63, 3.8) is 0 Å². The second-order valence-electron chi connectivity index (χ2n) is 4.96. The smallest absolute Gasteiger partial charge is 0.0737 e. The lowest BCUT2D eigenvalue weighted by molar-refractivity contribution is 0.0851. The molecule has 1 N–H and O–H groups in total. The first-order valence-electron chi connectivity index (χ1n) is 6.56. The van der Waals surface area contributed by atoms with Gasteiger partial charge in [0, 0.05) is 7.11 Å². The van der Waals surface area contributed by atoms with Gasteiger partial charge >= 0.3 is 0 Å². The van der Waals surface area contributed by atoms with E-state index in [-0.39, 0.29) is 12.1 Å². The molecule has 1 aromatic carbocycles. The van der Waals surface area contributed by atoms with Gasteiger partial charge in [0.05, 0.1) is 12.1 Å². The minimum absolute atomic E-state index is 0.196. The number of nitrogens with one attached hydrogen (secondary N) is 1. The van der Waals surface area contributed by atoms with Crippen LogP contribution in [-0.4, -0.2) is 20.3 Å². The van der Waals surface area contributed by atoms with Crippen LogP contribution in [0.3, 0.4) is 0 Å². The summed E-state index contributed by atoms with van der Waals surface area (Å²) < 4.78 is 5.48. The second kappa shape index (κ2) is 5.65. The fraction of sp³-hybridized carbons (Fsp3) is 0.600. The van der Waals surface area contributed by atoms with Gasteiger partial charge in [-0.15, -0.1) is 0 Å².